The van der Waals surface area contributed by atoms with Crippen LogP contribution in [0, 0.1) is 0 Å². The van der Waals surface area contributed by atoms with Crippen LogP contribution in [0.15, 0.2) is 54.6 Å². The average molecular weight is 282 g/mol. The number of para-hydroxylation sites is 2. The molecule has 1 fully saturated rings. The van der Waals surface area contributed by atoms with Gasteiger partial charge in [-0.15, -0.1) is 0 Å². The van der Waals surface area contributed by atoms with Gasteiger partial charge in [-0.05, 0) is 24.1 Å². The van der Waals surface area contributed by atoms with E-state index >= 15 is 0 Å². The van der Waals surface area contributed by atoms with Crippen LogP contribution in [0.5, 0.6) is 5.75 Å². The standard InChI is InChI=1S/C17H18N2O2/c1-21-16-10-6-5-9-14(16)18-17(20)19-12-11-15(19)13-7-3-2-4-8-13/h2-10,15H,11-12H2,1H3,(H,18,20). The Morgan fingerprint density at radius 1 is 1.14 bits per heavy atom. The third-order valence-electron chi connectivity index (χ3n) is 3.81. The Morgan fingerprint density at radius 2 is 1.86 bits per heavy atom. The zero-order valence-electron chi connectivity index (χ0n) is 12.0. The molecule has 1 saturated heterocycles. The van der Waals surface area contributed by atoms with Crippen LogP contribution in [0.2, 0.25) is 0 Å². The molecule has 0 saturated carbocycles. The van der Waals surface area contributed by atoms with E-state index in [-0.39, 0.29) is 12.1 Å². The van der Waals surface area contributed by atoms with Crippen LogP contribution >= 0.6 is 0 Å². The van der Waals surface area contributed by atoms with Gasteiger partial charge in [0.1, 0.15) is 5.75 Å². The highest BCUT2D eigenvalue weighted by molar-refractivity contribution is 5.91. The second-order valence-electron chi connectivity index (χ2n) is 5.04. The van der Waals surface area contributed by atoms with Crippen LogP contribution in [-0.4, -0.2) is 24.6 Å². The van der Waals surface area contributed by atoms with E-state index in [9.17, 15) is 4.79 Å². The number of rotatable bonds is 3. The Labute approximate surface area is 124 Å². The maximum atomic E-state index is 12.4. The van der Waals surface area contributed by atoms with Crippen LogP contribution in [0.3, 0.4) is 0 Å². The number of benzene rings is 2. The Morgan fingerprint density at radius 3 is 2.52 bits per heavy atom. The van der Waals surface area contributed by atoms with E-state index in [1.54, 1.807) is 7.11 Å². The molecule has 4 nitrogen and oxygen atoms in total. The van der Waals surface area contributed by atoms with Crippen LogP contribution in [0.4, 0.5) is 10.5 Å². The summed E-state index contributed by atoms with van der Waals surface area (Å²) < 4.78 is 5.26. The summed E-state index contributed by atoms with van der Waals surface area (Å²) in [5, 5.41) is 2.93. The molecule has 1 unspecified atom stereocenters. The lowest BCUT2D eigenvalue weighted by molar-refractivity contribution is 0.126. The lowest BCUT2D eigenvalue weighted by Gasteiger charge is -2.41. The molecule has 1 aliphatic rings. The number of hydrogen-bond donors (Lipinski definition) is 1. The number of likely N-dealkylation sites (tertiary alicyclic amines) is 1. The molecule has 1 atom stereocenters. The minimum atomic E-state index is -0.0837. The molecular weight excluding hydrogens is 264 g/mol. The van der Waals surface area contributed by atoms with Crippen LogP contribution in [-0.2, 0) is 0 Å². The molecule has 108 valence electrons. The average Bonchev–Trinajstić information content (AvgIpc) is 2.47. The molecule has 0 aliphatic carbocycles. The summed E-state index contributed by atoms with van der Waals surface area (Å²) in [5.41, 5.74) is 1.88. The number of methoxy groups -OCH3 is 1. The number of amides is 2. The first-order valence-corrected chi connectivity index (χ1v) is 7.05. The zero-order valence-corrected chi connectivity index (χ0v) is 12.0. The second kappa shape index (κ2) is 5.87. The van der Waals surface area contributed by atoms with Crippen molar-refractivity contribution in [2.24, 2.45) is 0 Å². The van der Waals surface area contributed by atoms with Crippen molar-refractivity contribution < 1.29 is 9.53 Å². The summed E-state index contributed by atoms with van der Waals surface area (Å²) in [6.07, 6.45) is 1.00. The van der Waals surface area contributed by atoms with Gasteiger partial charge in [-0.3, -0.25) is 0 Å². The van der Waals surface area contributed by atoms with Crippen LogP contribution in [0.1, 0.15) is 18.0 Å². The molecule has 1 heterocycles. The molecular formula is C17H18N2O2. The summed E-state index contributed by atoms with van der Waals surface area (Å²) >= 11 is 0. The van der Waals surface area contributed by atoms with E-state index in [4.69, 9.17) is 4.74 Å². The second-order valence-corrected chi connectivity index (χ2v) is 5.04. The predicted molar refractivity (Wildman–Crippen MR) is 82.5 cm³/mol. The first kappa shape index (κ1) is 13.5. The van der Waals surface area contributed by atoms with Gasteiger partial charge in [0.25, 0.3) is 0 Å². The fraction of sp³-hybridized carbons (Fsp3) is 0.235. The molecule has 1 aliphatic heterocycles. The summed E-state index contributed by atoms with van der Waals surface area (Å²) in [5.74, 6) is 0.669. The molecule has 2 aromatic carbocycles. The molecule has 0 spiro atoms. The monoisotopic (exact) mass is 282 g/mol. The number of urea groups is 1. The fourth-order valence-electron chi connectivity index (χ4n) is 2.59. The molecule has 1 N–H and O–H groups in total. The maximum Gasteiger partial charge on any atom is 0.322 e. The molecule has 2 aromatic rings. The van der Waals surface area contributed by atoms with Gasteiger partial charge in [0.05, 0.1) is 18.8 Å². The Kier molecular flexibility index (Phi) is 3.77. The maximum absolute atomic E-state index is 12.4. The number of carbonyl (C=O) groups is 1. The van der Waals surface area contributed by atoms with Gasteiger partial charge < -0.3 is 15.0 Å². The van der Waals surface area contributed by atoms with Gasteiger partial charge in [0, 0.05) is 6.54 Å². The van der Waals surface area contributed by atoms with Gasteiger partial charge in [-0.2, -0.15) is 0 Å². The van der Waals surface area contributed by atoms with Crippen molar-refractivity contribution in [2.75, 3.05) is 19.0 Å². The predicted octanol–water partition coefficient (Wildman–Crippen LogP) is 3.67. The van der Waals surface area contributed by atoms with Crippen molar-refractivity contribution in [2.45, 2.75) is 12.5 Å². The van der Waals surface area contributed by atoms with Crippen molar-refractivity contribution in [1.82, 2.24) is 4.90 Å². The van der Waals surface area contributed by atoms with Crippen molar-refractivity contribution in [3.05, 3.63) is 60.2 Å². The summed E-state index contributed by atoms with van der Waals surface area (Å²) in [6, 6.07) is 17.6. The van der Waals surface area contributed by atoms with Crippen molar-refractivity contribution in [3.63, 3.8) is 0 Å². The number of carbonyl (C=O) groups excluding carboxylic acids is 1. The number of hydrogen-bond acceptors (Lipinski definition) is 2. The van der Waals surface area contributed by atoms with E-state index in [1.807, 2.05) is 47.4 Å². The van der Waals surface area contributed by atoms with Gasteiger partial charge >= 0.3 is 6.03 Å². The minimum absolute atomic E-state index is 0.0837. The summed E-state index contributed by atoms with van der Waals surface area (Å²) in [6.45, 7) is 0.778. The molecule has 0 radical (unpaired) electrons. The quantitative estimate of drug-likeness (QED) is 0.933. The SMILES string of the molecule is COc1ccccc1NC(=O)N1CCC1c1ccccc1. The summed E-state index contributed by atoms with van der Waals surface area (Å²) in [7, 11) is 1.60. The molecule has 21 heavy (non-hydrogen) atoms. The lowest BCUT2D eigenvalue weighted by Crippen LogP contribution is -2.47. The Balaban J connectivity index is 1.71. The molecule has 0 aromatic heterocycles. The number of nitrogens with zero attached hydrogens (tertiary/aromatic N) is 1. The van der Waals surface area contributed by atoms with E-state index in [0.717, 1.165) is 13.0 Å². The largest absolute Gasteiger partial charge is 0.495 e. The highest BCUT2D eigenvalue weighted by Gasteiger charge is 2.33. The third-order valence-corrected chi connectivity index (χ3v) is 3.81. The number of ether oxygens (including phenoxy) is 1. The molecule has 4 heteroatoms. The topological polar surface area (TPSA) is 41.6 Å². The highest BCUT2D eigenvalue weighted by Crippen LogP contribution is 2.34. The minimum Gasteiger partial charge on any atom is -0.495 e. The fourth-order valence-corrected chi connectivity index (χ4v) is 2.59. The van der Waals surface area contributed by atoms with Gasteiger partial charge in [0.2, 0.25) is 0 Å². The first-order valence-electron chi connectivity index (χ1n) is 7.05. The molecule has 3 rings (SSSR count). The smallest absolute Gasteiger partial charge is 0.322 e. The first-order chi connectivity index (χ1) is 10.3. The number of nitrogens with one attached hydrogen (secondary N) is 1. The van der Waals surface area contributed by atoms with E-state index in [1.165, 1.54) is 5.56 Å². The number of anilines is 1. The normalized spacial score (nSPS) is 17.0. The Bertz CT molecular complexity index is 628. The van der Waals surface area contributed by atoms with Gasteiger partial charge in [-0.1, -0.05) is 42.5 Å². The van der Waals surface area contributed by atoms with Crippen LogP contribution < -0.4 is 10.1 Å². The van der Waals surface area contributed by atoms with Gasteiger partial charge in [-0.25, -0.2) is 4.79 Å². The van der Waals surface area contributed by atoms with E-state index in [2.05, 4.69) is 17.4 Å². The van der Waals surface area contributed by atoms with Crippen molar-refractivity contribution >= 4 is 11.7 Å². The van der Waals surface area contributed by atoms with Crippen molar-refractivity contribution in [3.8, 4) is 5.75 Å². The van der Waals surface area contributed by atoms with Crippen LogP contribution in [0.25, 0.3) is 0 Å². The zero-order chi connectivity index (χ0) is 14.7. The summed E-state index contributed by atoms with van der Waals surface area (Å²) in [4.78, 5) is 14.3. The molecule has 2 amide bonds. The highest BCUT2D eigenvalue weighted by atomic mass is 16.5. The molecule has 0 bridgehead atoms. The van der Waals surface area contributed by atoms with E-state index < -0.39 is 0 Å². The van der Waals surface area contributed by atoms with Gasteiger partial charge in [0.15, 0.2) is 0 Å². The van der Waals surface area contributed by atoms with Crippen molar-refractivity contribution in [1.29, 1.82) is 0 Å². The lowest BCUT2D eigenvalue weighted by atomic mass is 9.95. The van der Waals surface area contributed by atoms with E-state index in [0.29, 0.717) is 11.4 Å². The third kappa shape index (κ3) is 2.70. The Hall–Kier alpha value is -2.49.